The van der Waals surface area contributed by atoms with Gasteiger partial charge in [0, 0.05) is 6.54 Å². The number of carbonyl (C=O) groups excluding carboxylic acids is 2. The molecule has 1 aliphatic carbocycles. The van der Waals surface area contributed by atoms with Crippen LogP contribution in [0.25, 0.3) is 0 Å². The molecule has 0 heterocycles. The summed E-state index contributed by atoms with van der Waals surface area (Å²) in [5, 5.41) is 14.6. The summed E-state index contributed by atoms with van der Waals surface area (Å²) in [6.07, 6.45) is 1.16. The van der Waals surface area contributed by atoms with Crippen LogP contribution in [-0.2, 0) is 9.59 Å². The maximum absolute atomic E-state index is 12.1. The maximum Gasteiger partial charge on any atom is 0.242 e. The zero-order chi connectivity index (χ0) is 14.6. The molecule has 0 radical (unpaired) electrons. The molecule has 1 rings (SSSR count). The Morgan fingerprint density at radius 3 is 2.37 bits per heavy atom. The van der Waals surface area contributed by atoms with Gasteiger partial charge in [0.2, 0.25) is 11.8 Å². The minimum absolute atomic E-state index is 0.206. The van der Waals surface area contributed by atoms with E-state index in [-0.39, 0.29) is 11.8 Å². The van der Waals surface area contributed by atoms with E-state index < -0.39 is 11.5 Å². The average molecular weight is 265 g/mol. The van der Waals surface area contributed by atoms with Crippen molar-refractivity contribution in [2.24, 2.45) is 17.3 Å². The van der Waals surface area contributed by atoms with E-state index in [0.29, 0.717) is 31.2 Å². The van der Waals surface area contributed by atoms with Crippen molar-refractivity contribution in [2.45, 2.75) is 46.6 Å². The number of carbonyl (C=O) groups is 2. The average Bonchev–Trinajstić information content (AvgIpc) is 2.31. The van der Waals surface area contributed by atoms with Crippen LogP contribution in [-0.4, -0.2) is 24.4 Å². The zero-order valence-corrected chi connectivity index (χ0v) is 12.1. The number of nitriles is 1. The third-order valence-electron chi connectivity index (χ3n) is 3.47. The second-order valence-corrected chi connectivity index (χ2v) is 6.04. The van der Waals surface area contributed by atoms with Crippen LogP contribution in [0.15, 0.2) is 0 Å². The summed E-state index contributed by atoms with van der Waals surface area (Å²) in [6.45, 7) is 8.25. The molecule has 0 aromatic carbocycles. The molecular weight excluding hydrogens is 242 g/mol. The van der Waals surface area contributed by atoms with Crippen molar-refractivity contribution in [3.8, 4) is 6.07 Å². The first-order valence-corrected chi connectivity index (χ1v) is 6.80. The maximum atomic E-state index is 12.1. The molecule has 1 atom stereocenters. The summed E-state index contributed by atoms with van der Waals surface area (Å²) >= 11 is 0. The van der Waals surface area contributed by atoms with E-state index >= 15 is 0 Å². The van der Waals surface area contributed by atoms with E-state index in [2.05, 4.69) is 16.7 Å². The highest BCUT2D eigenvalue weighted by Gasteiger charge is 2.49. The molecule has 0 aromatic rings. The van der Waals surface area contributed by atoms with Gasteiger partial charge in [-0.15, -0.1) is 0 Å². The van der Waals surface area contributed by atoms with Crippen molar-refractivity contribution >= 4 is 11.8 Å². The highest BCUT2D eigenvalue weighted by atomic mass is 16.2. The lowest BCUT2D eigenvalue weighted by molar-refractivity contribution is -0.137. The van der Waals surface area contributed by atoms with Gasteiger partial charge in [-0.3, -0.25) is 9.59 Å². The summed E-state index contributed by atoms with van der Waals surface area (Å²) in [6, 6.07) is 1.49. The van der Waals surface area contributed by atoms with Gasteiger partial charge in [0.15, 0.2) is 0 Å². The molecule has 0 aliphatic heterocycles. The van der Waals surface area contributed by atoms with E-state index in [1.54, 1.807) is 6.92 Å². The van der Waals surface area contributed by atoms with Crippen molar-refractivity contribution in [3.63, 3.8) is 0 Å². The molecule has 0 aromatic heterocycles. The first-order chi connectivity index (χ1) is 8.80. The molecule has 5 heteroatoms. The monoisotopic (exact) mass is 265 g/mol. The Balaban J connectivity index is 2.48. The minimum atomic E-state index is -0.925. The molecule has 1 fully saturated rings. The summed E-state index contributed by atoms with van der Waals surface area (Å²) in [5.74, 6) is 0.239. The van der Waals surface area contributed by atoms with Gasteiger partial charge in [0.1, 0.15) is 11.5 Å². The third kappa shape index (κ3) is 3.69. The number of nitrogens with one attached hydrogen (secondary N) is 2. The number of amides is 2. The summed E-state index contributed by atoms with van der Waals surface area (Å²) in [5.41, 5.74) is -0.925. The standard InChI is InChI=1S/C14H23N3O2/c1-9(2)7-16-12(18)11(4)17-13(19)14(8-15)5-10(3)6-14/h9-11H,5-7H2,1-4H3,(H,16,18)(H,17,19). The van der Waals surface area contributed by atoms with Crippen molar-refractivity contribution in [2.75, 3.05) is 6.54 Å². The topological polar surface area (TPSA) is 82.0 Å². The van der Waals surface area contributed by atoms with Crippen molar-refractivity contribution in [3.05, 3.63) is 0 Å². The van der Waals surface area contributed by atoms with Crippen LogP contribution in [0.5, 0.6) is 0 Å². The molecule has 19 heavy (non-hydrogen) atoms. The number of hydrogen-bond acceptors (Lipinski definition) is 3. The minimum Gasteiger partial charge on any atom is -0.354 e. The highest BCUT2D eigenvalue weighted by molar-refractivity contribution is 5.91. The first-order valence-electron chi connectivity index (χ1n) is 6.80. The fraction of sp³-hybridized carbons (Fsp3) is 0.786. The van der Waals surface area contributed by atoms with Crippen LogP contribution in [0.4, 0.5) is 0 Å². The summed E-state index contributed by atoms with van der Waals surface area (Å²) in [7, 11) is 0. The van der Waals surface area contributed by atoms with Crippen molar-refractivity contribution in [1.82, 2.24) is 10.6 Å². The Labute approximate surface area is 114 Å². The van der Waals surface area contributed by atoms with Crippen LogP contribution < -0.4 is 10.6 Å². The highest BCUT2D eigenvalue weighted by Crippen LogP contribution is 2.45. The van der Waals surface area contributed by atoms with Gasteiger partial charge in [-0.1, -0.05) is 20.8 Å². The van der Waals surface area contributed by atoms with Gasteiger partial charge in [-0.25, -0.2) is 0 Å². The number of nitrogens with zero attached hydrogens (tertiary/aromatic N) is 1. The molecule has 0 bridgehead atoms. The number of rotatable bonds is 5. The lowest BCUT2D eigenvalue weighted by atomic mass is 9.63. The molecule has 1 unspecified atom stereocenters. The molecule has 5 nitrogen and oxygen atoms in total. The van der Waals surface area contributed by atoms with E-state index in [9.17, 15) is 9.59 Å². The fourth-order valence-corrected chi connectivity index (χ4v) is 2.32. The first kappa shape index (κ1) is 15.5. The lowest BCUT2D eigenvalue weighted by Gasteiger charge is -2.39. The summed E-state index contributed by atoms with van der Waals surface area (Å²) in [4.78, 5) is 23.8. The molecule has 2 amide bonds. The Hall–Kier alpha value is -1.57. The van der Waals surface area contributed by atoms with Crippen LogP contribution >= 0.6 is 0 Å². The number of hydrogen-bond donors (Lipinski definition) is 2. The lowest BCUT2D eigenvalue weighted by Crippen LogP contribution is -2.54. The van der Waals surface area contributed by atoms with Crippen molar-refractivity contribution < 1.29 is 9.59 Å². The van der Waals surface area contributed by atoms with Crippen LogP contribution in [0.2, 0.25) is 0 Å². The quantitative estimate of drug-likeness (QED) is 0.783. The third-order valence-corrected chi connectivity index (χ3v) is 3.47. The normalized spacial score (nSPS) is 27.1. The van der Waals surface area contributed by atoms with Crippen LogP contribution in [0, 0.1) is 28.6 Å². The molecule has 0 saturated heterocycles. The molecule has 106 valence electrons. The van der Waals surface area contributed by atoms with Gasteiger partial charge >= 0.3 is 0 Å². The molecular formula is C14H23N3O2. The Morgan fingerprint density at radius 2 is 1.95 bits per heavy atom. The van der Waals surface area contributed by atoms with E-state index in [1.807, 2.05) is 20.8 Å². The predicted octanol–water partition coefficient (Wildman–Crippen LogP) is 1.20. The second kappa shape index (κ2) is 6.05. The SMILES string of the molecule is CC(C)CNC(=O)C(C)NC(=O)C1(C#N)CC(C)C1. The van der Waals surface area contributed by atoms with Gasteiger partial charge < -0.3 is 10.6 Å². The smallest absolute Gasteiger partial charge is 0.242 e. The van der Waals surface area contributed by atoms with Crippen LogP contribution in [0.1, 0.15) is 40.5 Å². The Morgan fingerprint density at radius 1 is 1.37 bits per heavy atom. The molecule has 0 spiro atoms. The van der Waals surface area contributed by atoms with Crippen LogP contribution in [0.3, 0.4) is 0 Å². The predicted molar refractivity (Wildman–Crippen MR) is 71.9 cm³/mol. The Bertz CT molecular complexity index is 392. The van der Waals surface area contributed by atoms with Gasteiger partial charge in [-0.05, 0) is 31.6 Å². The van der Waals surface area contributed by atoms with E-state index in [1.165, 1.54) is 0 Å². The van der Waals surface area contributed by atoms with Gasteiger partial charge in [-0.2, -0.15) is 5.26 Å². The summed E-state index contributed by atoms with van der Waals surface area (Å²) < 4.78 is 0. The zero-order valence-electron chi connectivity index (χ0n) is 12.1. The van der Waals surface area contributed by atoms with E-state index in [0.717, 1.165) is 0 Å². The molecule has 2 N–H and O–H groups in total. The fourth-order valence-electron chi connectivity index (χ4n) is 2.32. The molecule has 1 aliphatic rings. The van der Waals surface area contributed by atoms with Gasteiger partial charge in [0.25, 0.3) is 0 Å². The largest absolute Gasteiger partial charge is 0.354 e. The molecule has 1 saturated carbocycles. The van der Waals surface area contributed by atoms with Crippen molar-refractivity contribution in [1.29, 1.82) is 5.26 Å². The second-order valence-electron chi connectivity index (χ2n) is 6.04. The van der Waals surface area contributed by atoms with Gasteiger partial charge in [0.05, 0.1) is 6.07 Å². The Kier molecular flexibility index (Phi) is 4.93. The van der Waals surface area contributed by atoms with E-state index in [4.69, 9.17) is 5.26 Å².